The second-order valence-electron chi connectivity index (χ2n) is 8.66. The SMILES string of the molecule is Cc1ccc(Oc2ccc(NC(=O)CCCC(=O)OCC(=O)c3ccc(C)c(C)c3)cc2)cc1C. The molecule has 0 saturated heterocycles. The zero-order valence-electron chi connectivity index (χ0n) is 20.6. The number of hydrogen-bond donors (Lipinski definition) is 1. The maximum absolute atomic E-state index is 12.2. The van der Waals surface area contributed by atoms with Crippen molar-refractivity contribution in [2.24, 2.45) is 0 Å². The van der Waals surface area contributed by atoms with E-state index < -0.39 is 5.97 Å². The molecule has 0 heterocycles. The number of nitrogens with one attached hydrogen (secondary N) is 1. The lowest BCUT2D eigenvalue weighted by Gasteiger charge is -2.09. The fraction of sp³-hybridized carbons (Fsp3) is 0.276. The van der Waals surface area contributed by atoms with E-state index in [1.807, 2.05) is 52.0 Å². The molecule has 0 fully saturated rings. The van der Waals surface area contributed by atoms with Gasteiger partial charge in [-0.2, -0.15) is 0 Å². The number of rotatable bonds is 10. The maximum Gasteiger partial charge on any atom is 0.306 e. The van der Waals surface area contributed by atoms with Gasteiger partial charge in [0.15, 0.2) is 12.4 Å². The van der Waals surface area contributed by atoms with Crippen molar-refractivity contribution in [2.45, 2.75) is 47.0 Å². The van der Waals surface area contributed by atoms with Crippen LogP contribution in [-0.2, 0) is 14.3 Å². The quantitative estimate of drug-likeness (QED) is 0.278. The Morgan fingerprint density at radius 1 is 0.714 bits per heavy atom. The topological polar surface area (TPSA) is 81.7 Å². The van der Waals surface area contributed by atoms with E-state index in [-0.39, 0.29) is 31.1 Å². The van der Waals surface area contributed by atoms with E-state index in [4.69, 9.17) is 9.47 Å². The first-order chi connectivity index (χ1) is 16.7. The summed E-state index contributed by atoms with van der Waals surface area (Å²) in [6.45, 7) is 7.68. The highest BCUT2D eigenvalue weighted by Crippen LogP contribution is 2.25. The van der Waals surface area contributed by atoms with Gasteiger partial charge in [-0.05, 0) is 98.8 Å². The van der Waals surface area contributed by atoms with Crippen LogP contribution in [0.5, 0.6) is 11.5 Å². The van der Waals surface area contributed by atoms with Crippen molar-refractivity contribution in [1.82, 2.24) is 0 Å². The molecular formula is C29H31NO5. The molecule has 0 radical (unpaired) electrons. The van der Waals surface area contributed by atoms with Crippen LogP contribution >= 0.6 is 0 Å². The first-order valence-electron chi connectivity index (χ1n) is 11.6. The Hall–Kier alpha value is -3.93. The number of carbonyl (C=O) groups is 3. The Morgan fingerprint density at radius 2 is 1.34 bits per heavy atom. The van der Waals surface area contributed by atoms with Crippen LogP contribution < -0.4 is 10.1 Å². The van der Waals surface area contributed by atoms with Crippen molar-refractivity contribution < 1.29 is 23.9 Å². The summed E-state index contributed by atoms with van der Waals surface area (Å²) in [5, 5.41) is 2.80. The van der Waals surface area contributed by atoms with Crippen molar-refractivity contribution >= 4 is 23.3 Å². The summed E-state index contributed by atoms with van der Waals surface area (Å²) in [5.74, 6) is 0.482. The highest BCUT2D eigenvalue weighted by atomic mass is 16.5. The monoisotopic (exact) mass is 473 g/mol. The molecule has 1 N–H and O–H groups in total. The van der Waals surface area contributed by atoms with Gasteiger partial charge in [-0.15, -0.1) is 0 Å². The first-order valence-corrected chi connectivity index (χ1v) is 11.6. The van der Waals surface area contributed by atoms with Crippen molar-refractivity contribution in [3.63, 3.8) is 0 Å². The second kappa shape index (κ2) is 12.0. The lowest BCUT2D eigenvalue weighted by molar-refractivity contribution is -0.142. The van der Waals surface area contributed by atoms with Crippen LogP contribution in [0.25, 0.3) is 0 Å². The van der Waals surface area contributed by atoms with Crippen molar-refractivity contribution in [2.75, 3.05) is 11.9 Å². The zero-order valence-corrected chi connectivity index (χ0v) is 20.6. The molecule has 6 nitrogen and oxygen atoms in total. The third-order valence-corrected chi connectivity index (χ3v) is 5.83. The average Bonchev–Trinajstić information content (AvgIpc) is 2.83. The van der Waals surface area contributed by atoms with Crippen LogP contribution in [0.2, 0.25) is 0 Å². The summed E-state index contributed by atoms with van der Waals surface area (Å²) in [5.41, 5.74) is 5.63. The third-order valence-electron chi connectivity index (χ3n) is 5.83. The molecule has 0 atom stereocenters. The number of Topliss-reactive ketones (excluding diaryl/α,β-unsaturated/α-hetero) is 1. The lowest BCUT2D eigenvalue weighted by Crippen LogP contribution is -2.15. The number of aryl methyl sites for hydroxylation is 4. The van der Waals surface area contributed by atoms with Crippen LogP contribution in [-0.4, -0.2) is 24.3 Å². The minimum atomic E-state index is -0.497. The van der Waals surface area contributed by atoms with E-state index in [0.29, 0.717) is 23.4 Å². The van der Waals surface area contributed by atoms with Crippen molar-refractivity contribution in [3.8, 4) is 11.5 Å². The minimum absolute atomic E-state index is 0.0658. The van der Waals surface area contributed by atoms with Crippen LogP contribution in [0.1, 0.15) is 51.9 Å². The predicted molar refractivity (Wildman–Crippen MR) is 136 cm³/mol. The molecule has 0 bridgehead atoms. The molecule has 3 aromatic carbocycles. The number of ketones is 1. The van der Waals surface area contributed by atoms with Gasteiger partial charge in [-0.1, -0.05) is 18.2 Å². The van der Waals surface area contributed by atoms with Gasteiger partial charge in [0.05, 0.1) is 0 Å². The Bertz CT molecular complexity index is 1210. The summed E-state index contributed by atoms with van der Waals surface area (Å²) in [6, 6.07) is 18.4. The molecule has 182 valence electrons. The molecule has 3 rings (SSSR count). The number of anilines is 1. The van der Waals surface area contributed by atoms with E-state index in [0.717, 1.165) is 22.4 Å². The molecule has 6 heteroatoms. The molecule has 0 unspecified atom stereocenters. The van der Waals surface area contributed by atoms with Crippen molar-refractivity contribution in [3.05, 3.63) is 88.5 Å². The summed E-state index contributed by atoms with van der Waals surface area (Å²) in [6.07, 6.45) is 0.563. The molecule has 0 aliphatic carbocycles. The number of ether oxygens (including phenoxy) is 2. The number of amides is 1. The zero-order chi connectivity index (χ0) is 25.4. The van der Waals surface area contributed by atoms with E-state index in [2.05, 4.69) is 5.32 Å². The maximum atomic E-state index is 12.2. The number of hydrogen-bond acceptors (Lipinski definition) is 5. The minimum Gasteiger partial charge on any atom is -0.457 e. The Labute approximate surface area is 206 Å². The molecule has 0 aliphatic heterocycles. The Kier molecular flexibility index (Phi) is 8.79. The number of esters is 1. The summed E-state index contributed by atoms with van der Waals surface area (Å²) < 4.78 is 10.9. The smallest absolute Gasteiger partial charge is 0.306 e. The third kappa shape index (κ3) is 7.81. The second-order valence-corrected chi connectivity index (χ2v) is 8.66. The normalized spacial score (nSPS) is 10.5. The molecule has 3 aromatic rings. The Morgan fingerprint density at radius 3 is 2.00 bits per heavy atom. The van der Waals surface area contributed by atoms with Gasteiger partial charge < -0.3 is 14.8 Å². The standard InChI is InChI=1S/C29H31NO5/c1-19-8-10-23(16-21(19)3)27(31)18-34-29(33)7-5-6-28(32)30-24-11-14-25(15-12-24)35-26-13-9-20(2)22(4)17-26/h8-17H,5-7,18H2,1-4H3,(H,30,32). The van der Waals surface area contributed by atoms with E-state index in [9.17, 15) is 14.4 Å². The fourth-order valence-electron chi connectivity index (χ4n) is 3.35. The molecule has 0 saturated carbocycles. The molecule has 35 heavy (non-hydrogen) atoms. The summed E-state index contributed by atoms with van der Waals surface area (Å²) >= 11 is 0. The van der Waals surface area contributed by atoms with Gasteiger partial charge >= 0.3 is 5.97 Å². The highest BCUT2D eigenvalue weighted by Gasteiger charge is 2.12. The van der Waals surface area contributed by atoms with Crippen LogP contribution in [0, 0.1) is 27.7 Å². The van der Waals surface area contributed by atoms with Crippen LogP contribution in [0.4, 0.5) is 5.69 Å². The van der Waals surface area contributed by atoms with Gasteiger partial charge in [-0.3, -0.25) is 14.4 Å². The number of carbonyl (C=O) groups excluding carboxylic acids is 3. The van der Waals surface area contributed by atoms with Gasteiger partial charge in [0.1, 0.15) is 11.5 Å². The van der Waals surface area contributed by atoms with Gasteiger partial charge in [0, 0.05) is 24.1 Å². The van der Waals surface area contributed by atoms with Gasteiger partial charge in [0.2, 0.25) is 5.91 Å². The van der Waals surface area contributed by atoms with E-state index in [1.54, 1.807) is 36.4 Å². The van der Waals surface area contributed by atoms with Gasteiger partial charge in [0.25, 0.3) is 0 Å². The molecule has 0 aromatic heterocycles. The molecular weight excluding hydrogens is 442 g/mol. The number of benzene rings is 3. The molecule has 0 spiro atoms. The highest BCUT2D eigenvalue weighted by molar-refractivity contribution is 5.98. The predicted octanol–water partition coefficient (Wildman–Crippen LogP) is 6.25. The lowest BCUT2D eigenvalue weighted by atomic mass is 10.0. The average molecular weight is 474 g/mol. The first kappa shape index (κ1) is 25.7. The summed E-state index contributed by atoms with van der Waals surface area (Å²) in [7, 11) is 0. The molecule has 1 amide bonds. The van der Waals surface area contributed by atoms with E-state index in [1.165, 1.54) is 5.56 Å². The Balaban J connectivity index is 1.37. The van der Waals surface area contributed by atoms with E-state index >= 15 is 0 Å². The van der Waals surface area contributed by atoms with Crippen LogP contribution in [0.3, 0.4) is 0 Å². The van der Waals surface area contributed by atoms with Gasteiger partial charge in [-0.25, -0.2) is 0 Å². The van der Waals surface area contributed by atoms with Crippen LogP contribution in [0.15, 0.2) is 60.7 Å². The largest absolute Gasteiger partial charge is 0.457 e. The van der Waals surface area contributed by atoms with Crippen molar-refractivity contribution in [1.29, 1.82) is 0 Å². The molecule has 0 aliphatic rings. The fourth-order valence-corrected chi connectivity index (χ4v) is 3.35. The summed E-state index contributed by atoms with van der Waals surface area (Å²) in [4.78, 5) is 36.4.